The average molecular weight is 510 g/mol. The highest BCUT2D eigenvalue weighted by molar-refractivity contribution is 9.10. The van der Waals surface area contributed by atoms with Crippen LogP contribution in [0.3, 0.4) is 0 Å². The molecule has 0 unspecified atom stereocenters. The number of aryl methyl sites for hydroxylation is 1. The largest absolute Gasteiger partial charge is 0.496 e. The zero-order chi connectivity index (χ0) is 24.0. The highest BCUT2D eigenvalue weighted by Gasteiger charge is 2.18. The van der Waals surface area contributed by atoms with Gasteiger partial charge in [-0.3, -0.25) is 19.7 Å². The van der Waals surface area contributed by atoms with Crippen LogP contribution in [0.25, 0.3) is 6.08 Å². The summed E-state index contributed by atoms with van der Waals surface area (Å²) < 4.78 is 5.93. The molecule has 0 bridgehead atoms. The van der Waals surface area contributed by atoms with Crippen LogP contribution in [0.4, 0.5) is 11.4 Å². The number of nitro groups is 1. The lowest BCUT2D eigenvalue weighted by atomic mass is 10.1. The monoisotopic (exact) mass is 509 g/mol. The number of non-ortho nitro benzene ring substituents is 1. The van der Waals surface area contributed by atoms with Gasteiger partial charge in [0.1, 0.15) is 11.4 Å². The molecule has 0 spiro atoms. The molecule has 0 aromatic heterocycles. The second kappa shape index (κ2) is 10.6. The van der Waals surface area contributed by atoms with E-state index >= 15 is 0 Å². The molecule has 3 aromatic rings. The predicted molar refractivity (Wildman–Crippen MR) is 129 cm³/mol. The molecule has 2 N–H and O–H groups in total. The van der Waals surface area contributed by atoms with E-state index in [0.717, 1.165) is 5.56 Å². The maximum Gasteiger partial charge on any atom is 0.272 e. The summed E-state index contributed by atoms with van der Waals surface area (Å²) in [6.07, 6.45) is 1.44. The minimum atomic E-state index is -0.555. The summed E-state index contributed by atoms with van der Waals surface area (Å²) in [5, 5.41) is 16.3. The first-order chi connectivity index (χ1) is 15.8. The molecule has 168 valence electrons. The number of amides is 2. The van der Waals surface area contributed by atoms with Gasteiger partial charge in [0.25, 0.3) is 17.5 Å². The zero-order valence-corrected chi connectivity index (χ0v) is 19.4. The minimum absolute atomic E-state index is 0.0441. The molecule has 8 nitrogen and oxygen atoms in total. The third-order valence-electron chi connectivity index (χ3n) is 4.59. The third kappa shape index (κ3) is 6.27. The molecular weight excluding hydrogens is 490 g/mol. The van der Waals surface area contributed by atoms with E-state index in [4.69, 9.17) is 4.74 Å². The fourth-order valence-corrected chi connectivity index (χ4v) is 3.35. The third-order valence-corrected chi connectivity index (χ3v) is 5.08. The molecule has 2 amide bonds. The van der Waals surface area contributed by atoms with E-state index in [2.05, 4.69) is 26.6 Å². The number of rotatable bonds is 7. The summed E-state index contributed by atoms with van der Waals surface area (Å²) in [5.74, 6) is -0.772. The molecular formula is C24H20BrN3O5. The number of carbonyl (C=O) groups is 2. The summed E-state index contributed by atoms with van der Waals surface area (Å²) in [5.41, 5.74) is 2.11. The number of anilines is 1. The van der Waals surface area contributed by atoms with Crippen molar-refractivity contribution in [3.63, 3.8) is 0 Å². The van der Waals surface area contributed by atoms with Crippen molar-refractivity contribution in [2.45, 2.75) is 6.92 Å². The second-order valence-corrected chi connectivity index (χ2v) is 7.94. The van der Waals surface area contributed by atoms with Gasteiger partial charge in [-0.15, -0.1) is 0 Å². The van der Waals surface area contributed by atoms with Crippen LogP contribution in [0.1, 0.15) is 21.5 Å². The first-order valence-electron chi connectivity index (χ1n) is 9.76. The number of ether oxygens (including phenoxy) is 1. The van der Waals surface area contributed by atoms with Crippen molar-refractivity contribution >= 4 is 45.2 Å². The molecule has 0 heterocycles. The SMILES string of the molecule is COc1ccc(Br)cc1C(=O)NC(=Cc1ccc([N+](=O)[O-])cc1)C(=O)Nc1cccc(C)c1. The smallest absolute Gasteiger partial charge is 0.272 e. The van der Waals surface area contributed by atoms with Crippen molar-refractivity contribution in [2.24, 2.45) is 0 Å². The molecule has 3 aromatic carbocycles. The second-order valence-electron chi connectivity index (χ2n) is 7.03. The van der Waals surface area contributed by atoms with Gasteiger partial charge in [0.2, 0.25) is 0 Å². The zero-order valence-electron chi connectivity index (χ0n) is 17.8. The quantitative estimate of drug-likeness (QED) is 0.262. The van der Waals surface area contributed by atoms with Gasteiger partial charge in [-0.05, 0) is 66.6 Å². The van der Waals surface area contributed by atoms with Gasteiger partial charge in [0, 0.05) is 22.3 Å². The molecule has 0 fully saturated rings. The topological polar surface area (TPSA) is 111 Å². The maximum absolute atomic E-state index is 13.0. The number of halogens is 1. The van der Waals surface area contributed by atoms with Crippen LogP contribution >= 0.6 is 15.9 Å². The molecule has 33 heavy (non-hydrogen) atoms. The number of nitro benzene ring substituents is 1. The standard InChI is InChI=1S/C24H20BrN3O5/c1-15-4-3-5-18(12-15)26-24(30)21(13-16-6-9-19(10-7-16)28(31)32)27-23(29)20-14-17(25)8-11-22(20)33-2/h3-14H,1-2H3,(H,26,30)(H,27,29). The van der Waals surface area contributed by atoms with Gasteiger partial charge in [-0.2, -0.15) is 0 Å². The summed E-state index contributed by atoms with van der Waals surface area (Å²) in [6, 6.07) is 17.8. The van der Waals surface area contributed by atoms with Crippen molar-refractivity contribution in [2.75, 3.05) is 12.4 Å². The number of nitrogens with one attached hydrogen (secondary N) is 2. The van der Waals surface area contributed by atoms with E-state index < -0.39 is 16.7 Å². The fourth-order valence-electron chi connectivity index (χ4n) is 2.99. The summed E-state index contributed by atoms with van der Waals surface area (Å²) in [7, 11) is 1.44. The lowest BCUT2D eigenvalue weighted by Gasteiger charge is -2.13. The van der Waals surface area contributed by atoms with E-state index in [9.17, 15) is 19.7 Å². The first kappa shape index (κ1) is 23.7. The Labute approximate surface area is 198 Å². The summed E-state index contributed by atoms with van der Waals surface area (Å²) in [4.78, 5) is 36.5. The number of benzene rings is 3. The van der Waals surface area contributed by atoms with Gasteiger partial charge < -0.3 is 15.4 Å². The number of hydrogen-bond acceptors (Lipinski definition) is 5. The Morgan fingerprint density at radius 2 is 1.79 bits per heavy atom. The highest BCUT2D eigenvalue weighted by atomic mass is 79.9. The molecule has 0 saturated heterocycles. The number of carbonyl (C=O) groups excluding carboxylic acids is 2. The average Bonchev–Trinajstić information content (AvgIpc) is 2.78. The Bertz CT molecular complexity index is 1240. The maximum atomic E-state index is 13.0. The van der Waals surface area contributed by atoms with E-state index in [1.807, 2.05) is 13.0 Å². The van der Waals surface area contributed by atoms with Crippen LogP contribution in [-0.4, -0.2) is 23.8 Å². The summed E-state index contributed by atoms with van der Waals surface area (Å²) in [6.45, 7) is 1.89. The van der Waals surface area contributed by atoms with Crippen LogP contribution in [-0.2, 0) is 4.79 Å². The minimum Gasteiger partial charge on any atom is -0.496 e. The Morgan fingerprint density at radius 1 is 1.06 bits per heavy atom. The fraction of sp³-hybridized carbons (Fsp3) is 0.0833. The molecule has 0 aliphatic rings. The Hall–Kier alpha value is -3.98. The van der Waals surface area contributed by atoms with E-state index in [0.29, 0.717) is 21.5 Å². The van der Waals surface area contributed by atoms with Crippen LogP contribution in [0.15, 0.2) is 76.9 Å². The lowest BCUT2D eigenvalue weighted by molar-refractivity contribution is -0.384. The van der Waals surface area contributed by atoms with Crippen molar-refractivity contribution in [3.8, 4) is 5.75 Å². The molecule has 0 aliphatic carbocycles. The molecule has 0 saturated carbocycles. The number of nitrogens with zero attached hydrogens (tertiary/aromatic N) is 1. The van der Waals surface area contributed by atoms with Crippen molar-refractivity contribution in [1.29, 1.82) is 0 Å². The van der Waals surface area contributed by atoms with Crippen LogP contribution in [0.2, 0.25) is 0 Å². The number of hydrogen-bond donors (Lipinski definition) is 2. The van der Waals surface area contributed by atoms with Crippen LogP contribution in [0.5, 0.6) is 5.75 Å². The van der Waals surface area contributed by atoms with Crippen LogP contribution in [0, 0.1) is 17.0 Å². The van der Waals surface area contributed by atoms with Gasteiger partial charge in [-0.1, -0.05) is 28.1 Å². The lowest BCUT2D eigenvalue weighted by Crippen LogP contribution is -2.31. The van der Waals surface area contributed by atoms with Gasteiger partial charge in [0.15, 0.2) is 0 Å². The van der Waals surface area contributed by atoms with Crippen molar-refractivity contribution < 1.29 is 19.2 Å². The Balaban J connectivity index is 1.95. The first-order valence-corrected chi connectivity index (χ1v) is 10.5. The molecule has 0 radical (unpaired) electrons. The molecule has 0 aliphatic heterocycles. The normalized spacial score (nSPS) is 10.9. The van der Waals surface area contributed by atoms with Gasteiger partial charge in [-0.25, -0.2) is 0 Å². The Morgan fingerprint density at radius 3 is 2.42 bits per heavy atom. The summed E-state index contributed by atoms with van der Waals surface area (Å²) >= 11 is 3.33. The Kier molecular flexibility index (Phi) is 7.57. The molecule has 9 heteroatoms. The molecule has 3 rings (SSSR count). The number of methoxy groups -OCH3 is 1. The van der Waals surface area contributed by atoms with Gasteiger partial charge >= 0.3 is 0 Å². The van der Waals surface area contributed by atoms with Crippen molar-refractivity contribution in [3.05, 3.63) is 104 Å². The van der Waals surface area contributed by atoms with Crippen molar-refractivity contribution in [1.82, 2.24) is 5.32 Å². The molecule has 0 atom stereocenters. The predicted octanol–water partition coefficient (Wildman–Crippen LogP) is 5.08. The van der Waals surface area contributed by atoms with Gasteiger partial charge in [0.05, 0.1) is 17.6 Å². The van der Waals surface area contributed by atoms with E-state index in [-0.39, 0.29) is 16.9 Å². The van der Waals surface area contributed by atoms with E-state index in [1.165, 1.54) is 37.5 Å². The highest BCUT2D eigenvalue weighted by Crippen LogP contribution is 2.23. The van der Waals surface area contributed by atoms with E-state index in [1.54, 1.807) is 36.4 Å². The van der Waals surface area contributed by atoms with Crippen LogP contribution < -0.4 is 15.4 Å².